The number of carbonyl (C=O) groups is 2. The zero-order chi connectivity index (χ0) is 11.5. The van der Waals surface area contributed by atoms with Crippen molar-refractivity contribution in [1.29, 1.82) is 0 Å². The maximum atomic E-state index is 11.9. The van der Waals surface area contributed by atoms with Crippen LogP contribution in [0.3, 0.4) is 0 Å². The molecule has 1 aliphatic rings. The van der Waals surface area contributed by atoms with Crippen LogP contribution in [-0.2, 0) is 4.79 Å². The molecule has 3 N–H and O–H groups in total. The van der Waals surface area contributed by atoms with Crippen molar-refractivity contribution in [2.45, 2.75) is 6.04 Å². The van der Waals surface area contributed by atoms with Crippen LogP contribution in [0, 0.1) is 0 Å². The zero-order valence-corrected chi connectivity index (χ0v) is 8.51. The van der Waals surface area contributed by atoms with Gasteiger partial charge in [-0.25, -0.2) is 4.79 Å². The van der Waals surface area contributed by atoms with Gasteiger partial charge in [-0.1, -0.05) is 0 Å². The van der Waals surface area contributed by atoms with Gasteiger partial charge in [0.2, 0.25) is 0 Å². The Morgan fingerprint density at radius 2 is 2.38 bits per heavy atom. The topological polar surface area (TPSA) is 98.3 Å². The second-order valence-electron chi connectivity index (χ2n) is 3.53. The summed E-state index contributed by atoms with van der Waals surface area (Å²) in [6.07, 6.45) is 1.46. The van der Waals surface area contributed by atoms with Crippen LogP contribution >= 0.6 is 0 Å². The summed E-state index contributed by atoms with van der Waals surface area (Å²) in [5, 5.41) is 18.2. The van der Waals surface area contributed by atoms with Gasteiger partial charge in [-0.2, -0.15) is 5.10 Å². The molecule has 1 aromatic rings. The number of nitrogens with one attached hydrogen (secondary N) is 2. The Kier molecular flexibility index (Phi) is 2.86. The largest absolute Gasteiger partial charge is 0.480 e. The lowest BCUT2D eigenvalue weighted by Crippen LogP contribution is -2.57. The predicted molar refractivity (Wildman–Crippen MR) is 53.9 cm³/mol. The summed E-state index contributed by atoms with van der Waals surface area (Å²) < 4.78 is 0. The van der Waals surface area contributed by atoms with Crippen molar-refractivity contribution in [2.24, 2.45) is 0 Å². The highest BCUT2D eigenvalue weighted by Crippen LogP contribution is 2.08. The molecule has 0 bridgehead atoms. The molecule has 86 valence electrons. The van der Waals surface area contributed by atoms with Crippen molar-refractivity contribution in [1.82, 2.24) is 20.4 Å². The maximum Gasteiger partial charge on any atom is 0.327 e. The Hall–Kier alpha value is -1.89. The second-order valence-corrected chi connectivity index (χ2v) is 3.53. The van der Waals surface area contributed by atoms with Gasteiger partial charge in [0.25, 0.3) is 5.91 Å². The fraction of sp³-hybridized carbons (Fsp3) is 0.444. The average Bonchev–Trinajstić information content (AvgIpc) is 2.81. The van der Waals surface area contributed by atoms with E-state index < -0.39 is 12.0 Å². The van der Waals surface area contributed by atoms with Crippen LogP contribution < -0.4 is 5.32 Å². The summed E-state index contributed by atoms with van der Waals surface area (Å²) in [6.45, 7) is 1.26. The molecular formula is C9H12N4O3. The van der Waals surface area contributed by atoms with Gasteiger partial charge in [0, 0.05) is 25.8 Å². The number of H-pyrrole nitrogens is 1. The Morgan fingerprint density at radius 3 is 3.00 bits per heavy atom. The van der Waals surface area contributed by atoms with E-state index in [-0.39, 0.29) is 12.5 Å². The fourth-order valence-electron chi connectivity index (χ4n) is 1.70. The standard InChI is InChI=1S/C9H12N4O3/c14-8(6-1-2-11-12-6)13-4-3-10-5-7(13)9(15)16/h1-2,7,10H,3-5H2,(H,11,12)(H,15,16). The average molecular weight is 224 g/mol. The molecule has 0 aliphatic carbocycles. The SMILES string of the molecule is O=C(O)C1CNCCN1C(=O)c1ccn[nH]1. The van der Waals surface area contributed by atoms with Crippen LogP contribution in [0.25, 0.3) is 0 Å². The van der Waals surface area contributed by atoms with E-state index in [1.54, 1.807) is 0 Å². The second kappa shape index (κ2) is 4.31. The smallest absolute Gasteiger partial charge is 0.327 e. The van der Waals surface area contributed by atoms with Crippen molar-refractivity contribution in [2.75, 3.05) is 19.6 Å². The van der Waals surface area contributed by atoms with Gasteiger partial charge in [-0.05, 0) is 6.07 Å². The van der Waals surface area contributed by atoms with Gasteiger partial charge >= 0.3 is 5.97 Å². The first-order valence-electron chi connectivity index (χ1n) is 4.94. The lowest BCUT2D eigenvalue weighted by Gasteiger charge is -2.33. The van der Waals surface area contributed by atoms with Crippen LogP contribution in [0.4, 0.5) is 0 Å². The van der Waals surface area contributed by atoms with Crippen LogP contribution in [-0.4, -0.2) is 57.8 Å². The number of aromatic nitrogens is 2. The van der Waals surface area contributed by atoms with Gasteiger partial charge in [-0.3, -0.25) is 9.89 Å². The Balaban J connectivity index is 2.17. The van der Waals surface area contributed by atoms with E-state index in [0.29, 0.717) is 18.8 Å². The number of hydrogen-bond donors (Lipinski definition) is 3. The number of hydrogen-bond acceptors (Lipinski definition) is 4. The molecule has 0 aromatic carbocycles. The van der Waals surface area contributed by atoms with Gasteiger partial charge in [0.05, 0.1) is 0 Å². The molecule has 16 heavy (non-hydrogen) atoms. The minimum atomic E-state index is -1.000. The van der Waals surface area contributed by atoms with E-state index >= 15 is 0 Å². The molecule has 0 radical (unpaired) electrons. The van der Waals surface area contributed by atoms with Crippen LogP contribution in [0.5, 0.6) is 0 Å². The number of rotatable bonds is 2. The molecule has 2 heterocycles. The van der Waals surface area contributed by atoms with E-state index in [2.05, 4.69) is 15.5 Å². The van der Waals surface area contributed by atoms with E-state index in [1.807, 2.05) is 0 Å². The molecule has 1 aromatic heterocycles. The van der Waals surface area contributed by atoms with Gasteiger partial charge in [0.15, 0.2) is 0 Å². The summed E-state index contributed by atoms with van der Waals surface area (Å²) in [4.78, 5) is 24.3. The van der Waals surface area contributed by atoms with Crippen molar-refractivity contribution < 1.29 is 14.7 Å². The summed E-state index contributed by atoms with van der Waals surface area (Å²) in [6, 6.07) is 0.716. The van der Waals surface area contributed by atoms with Crippen LogP contribution in [0.2, 0.25) is 0 Å². The van der Waals surface area contributed by atoms with Crippen molar-refractivity contribution >= 4 is 11.9 Å². The first-order valence-corrected chi connectivity index (χ1v) is 4.94. The first kappa shape index (κ1) is 10.6. The molecule has 0 saturated carbocycles. The van der Waals surface area contributed by atoms with Crippen molar-refractivity contribution in [3.8, 4) is 0 Å². The third kappa shape index (κ3) is 1.89. The molecule has 1 amide bonds. The molecule has 7 nitrogen and oxygen atoms in total. The molecule has 1 fully saturated rings. The third-order valence-electron chi connectivity index (χ3n) is 2.52. The van der Waals surface area contributed by atoms with Crippen LogP contribution in [0.1, 0.15) is 10.5 Å². The van der Waals surface area contributed by atoms with E-state index in [4.69, 9.17) is 5.11 Å². The minimum absolute atomic E-state index is 0.273. The maximum absolute atomic E-state index is 11.9. The summed E-state index contributed by atoms with van der Waals surface area (Å²) in [5.74, 6) is -1.33. The lowest BCUT2D eigenvalue weighted by molar-refractivity contribution is -0.142. The molecule has 1 atom stereocenters. The van der Waals surface area contributed by atoms with E-state index in [0.717, 1.165) is 0 Å². The molecule has 2 rings (SSSR count). The molecule has 7 heteroatoms. The van der Waals surface area contributed by atoms with Crippen molar-refractivity contribution in [3.63, 3.8) is 0 Å². The first-order chi connectivity index (χ1) is 7.70. The summed E-state index contributed by atoms with van der Waals surface area (Å²) in [7, 11) is 0. The third-order valence-corrected chi connectivity index (χ3v) is 2.52. The number of amides is 1. The quantitative estimate of drug-likeness (QED) is 0.593. The number of carboxylic acids is 1. The number of aromatic amines is 1. The highest BCUT2D eigenvalue weighted by atomic mass is 16.4. The Bertz CT molecular complexity index is 389. The van der Waals surface area contributed by atoms with E-state index in [1.165, 1.54) is 17.2 Å². The Morgan fingerprint density at radius 1 is 1.56 bits per heavy atom. The molecule has 1 saturated heterocycles. The van der Waals surface area contributed by atoms with Gasteiger partial charge < -0.3 is 15.3 Å². The minimum Gasteiger partial charge on any atom is -0.480 e. The summed E-state index contributed by atoms with van der Waals surface area (Å²) >= 11 is 0. The van der Waals surface area contributed by atoms with Crippen molar-refractivity contribution in [3.05, 3.63) is 18.0 Å². The van der Waals surface area contributed by atoms with Gasteiger partial charge in [-0.15, -0.1) is 0 Å². The lowest BCUT2D eigenvalue weighted by atomic mass is 10.2. The number of nitrogens with zero attached hydrogens (tertiary/aromatic N) is 2. The zero-order valence-electron chi connectivity index (χ0n) is 8.51. The number of piperazine rings is 1. The van der Waals surface area contributed by atoms with Gasteiger partial charge in [0.1, 0.15) is 11.7 Å². The van der Waals surface area contributed by atoms with E-state index in [9.17, 15) is 9.59 Å². The summed E-state index contributed by atoms with van der Waals surface area (Å²) in [5.41, 5.74) is 0.313. The highest BCUT2D eigenvalue weighted by Gasteiger charge is 2.32. The molecular weight excluding hydrogens is 212 g/mol. The number of carboxylic acid groups (broad SMARTS) is 1. The highest BCUT2D eigenvalue weighted by molar-refractivity contribution is 5.95. The van der Waals surface area contributed by atoms with Crippen LogP contribution in [0.15, 0.2) is 12.3 Å². The molecule has 1 aliphatic heterocycles. The predicted octanol–water partition coefficient (Wildman–Crippen LogP) is -1.09. The number of carbonyl (C=O) groups excluding carboxylic acids is 1. The normalized spacial score (nSPS) is 20.8. The Labute approximate surface area is 91.4 Å². The molecule has 1 unspecified atom stereocenters. The fourth-order valence-corrected chi connectivity index (χ4v) is 1.70. The monoisotopic (exact) mass is 224 g/mol. The molecule has 0 spiro atoms. The number of aliphatic carboxylic acids is 1.